The van der Waals surface area contributed by atoms with Gasteiger partial charge in [0.05, 0.1) is 0 Å². The maximum absolute atomic E-state index is 4.05. The molecule has 0 aromatic heterocycles. The van der Waals surface area contributed by atoms with Crippen LogP contribution in [0.5, 0.6) is 0 Å². The molecule has 181 valence electrons. The maximum Gasteiger partial charge on any atom is -0.0414 e. The van der Waals surface area contributed by atoms with Crippen molar-refractivity contribution in [3.05, 3.63) is 6.92 Å². The molecule has 0 aliphatic rings. The highest BCUT2D eigenvalue weighted by atomic mass is 14.1. The summed E-state index contributed by atoms with van der Waals surface area (Å²) in [6, 6.07) is 0. The molecule has 0 N–H and O–H groups in total. The minimum Gasteiger partial charge on any atom is -0.0654 e. The number of rotatable bonds is 26. The molecule has 0 aliphatic heterocycles. The van der Waals surface area contributed by atoms with Gasteiger partial charge in [0.1, 0.15) is 0 Å². The van der Waals surface area contributed by atoms with Crippen LogP contribution in [0.2, 0.25) is 0 Å². The largest absolute Gasteiger partial charge is 0.0654 e. The van der Waals surface area contributed by atoms with E-state index in [2.05, 4.69) is 20.8 Å². The van der Waals surface area contributed by atoms with Crippen LogP contribution in [0.3, 0.4) is 0 Å². The monoisotopic (exact) mass is 421 g/mol. The summed E-state index contributed by atoms with van der Waals surface area (Å²) in [5, 5.41) is 0. The SMILES string of the molecule is [CH2]CCCC(CCCCCC)CCCCCCCCCCCCCCCCCCC. The molecule has 30 heavy (non-hydrogen) atoms. The Morgan fingerprint density at radius 3 is 0.967 bits per heavy atom. The van der Waals surface area contributed by atoms with Crippen molar-refractivity contribution in [1.82, 2.24) is 0 Å². The van der Waals surface area contributed by atoms with Gasteiger partial charge in [0.25, 0.3) is 0 Å². The van der Waals surface area contributed by atoms with Crippen molar-refractivity contribution in [3.63, 3.8) is 0 Å². The molecule has 0 saturated heterocycles. The second-order valence-electron chi connectivity index (χ2n) is 10.2. The molecule has 0 bridgehead atoms. The van der Waals surface area contributed by atoms with Crippen molar-refractivity contribution in [1.29, 1.82) is 0 Å². The Morgan fingerprint density at radius 2 is 0.633 bits per heavy atom. The zero-order valence-electron chi connectivity index (χ0n) is 21.7. The predicted octanol–water partition coefficient (Wildman–Crippen LogP) is 11.6. The summed E-state index contributed by atoms with van der Waals surface area (Å²) in [7, 11) is 0. The lowest BCUT2D eigenvalue weighted by molar-refractivity contribution is 0.373. The Balaban J connectivity index is 3.32. The van der Waals surface area contributed by atoms with Gasteiger partial charge in [0.15, 0.2) is 0 Å². The van der Waals surface area contributed by atoms with E-state index >= 15 is 0 Å². The first kappa shape index (κ1) is 30.0. The van der Waals surface area contributed by atoms with Gasteiger partial charge in [-0.1, -0.05) is 188 Å². The van der Waals surface area contributed by atoms with Crippen LogP contribution >= 0.6 is 0 Å². The lowest BCUT2D eigenvalue weighted by Gasteiger charge is -2.16. The number of unbranched alkanes of at least 4 members (excludes halogenated alkanes) is 20. The molecule has 0 heteroatoms. The van der Waals surface area contributed by atoms with Crippen molar-refractivity contribution >= 4 is 0 Å². The van der Waals surface area contributed by atoms with Crippen molar-refractivity contribution in [2.45, 2.75) is 181 Å². The Hall–Kier alpha value is 0. The van der Waals surface area contributed by atoms with Crippen LogP contribution in [-0.4, -0.2) is 0 Å². The first-order chi connectivity index (χ1) is 14.8. The molecule has 1 radical (unpaired) electrons. The Kier molecular flexibility index (Phi) is 27.0. The molecule has 0 nitrogen and oxygen atoms in total. The van der Waals surface area contributed by atoms with E-state index in [1.807, 2.05) is 0 Å². The van der Waals surface area contributed by atoms with E-state index in [1.54, 1.807) is 0 Å². The number of hydrogen-bond acceptors (Lipinski definition) is 0. The van der Waals surface area contributed by atoms with Gasteiger partial charge in [-0.25, -0.2) is 0 Å². The summed E-state index contributed by atoms with van der Waals surface area (Å²) in [4.78, 5) is 0. The molecule has 0 rings (SSSR count). The molecule has 1 atom stereocenters. The fourth-order valence-corrected chi connectivity index (χ4v) is 4.88. The van der Waals surface area contributed by atoms with Crippen molar-refractivity contribution in [2.75, 3.05) is 0 Å². The third-order valence-electron chi connectivity index (χ3n) is 7.04. The summed E-state index contributed by atoms with van der Waals surface area (Å²) in [5.41, 5.74) is 0. The molecule has 1 unspecified atom stereocenters. The number of hydrogen-bond donors (Lipinski definition) is 0. The lowest BCUT2D eigenvalue weighted by Crippen LogP contribution is -2.01. The van der Waals surface area contributed by atoms with E-state index in [1.165, 1.54) is 161 Å². The molecule has 0 spiro atoms. The Labute approximate surface area is 193 Å². The van der Waals surface area contributed by atoms with Gasteiger partial charge in [-0.15, -0.1) is 0 Å². The second kappa shape index (κ2) is 27.0. The molecule has 0 fully saturated rings. The van der Waals surface area contributed by atoms with Gasteiger partial charge in [-0.3, -0.25) is 0 Å². The highest BCUT2D eigenvalue weighted by Gasteiger charge is 2.08. The van der Waals surface area contributed by atoms with Gasteiger partial charge in [-0.05, 0) is 5.92 Å². The molecular weight excluding hydrogens is 360 g/mol. The molecule has 0 aliphatic carbocycles. The minimum absolute atomic E-state index is 1.000. The average molecular weight is 422 g/mol. The van der Waals surface area contributed by atoms with Gasteiger partial charge >= 0.3 is 0 Å². The second-order valence-corrected chi connectivity index (χ2v) is 10.2. The van der Waals surface area contributed by atoms with Crippen molar-refractivity contribution < 1.29 is 0 Å². The Morgan fingerprint density at radius 1 is 0.367 bits per heavy atom. The normalized spacial score (nSPS) is 12.5. The summed E-state index contributed by atoms with van der Waals surface area (Å²) in [6.07, 6.45) is 37.7. The fraction of sp³-hybridized carbons (Fsp3) is 0.967. The summed E-state index contributed by atoms with van der Waals surface area (Å²) in [5.74, 6) is 1.000. The zero-order chi connectivity index (χ0) is 22.0. The smallest absolute Gasteiger partial charge is 0.0414 e. The molecule has 0 aromatic carbocycles. The first-order valence-corrected chi connectivity index (χ1v) is 14.6. The lowest BCUT2D eigenvalue weighted by atomic mass is 9.90. The van der Waals surface area contributed by atoms with Crippen LogP contribution in [0, 0.1) is 12.8 Å². The van der Waals surface area contributed by atoms with Crippen LogP contribution in [-0.2, 0) is 0 Å². The van der Waals surface area contributed by atoms with Gasteiger partial charge in [-0.2, -0.15) is 0 Å². The van der Waals surface area contributed by atoms with Crippen LogP contribution in [0.25, 0.3) is 0 Å². The summed E-state index contributed by atoms with van der Waals surface area (Å²) < 4.78 is 0. The van der Waals surface area contributed by atoms with Crippen LogP contribution < -0.4 is 0 Å². The van der Waals surface area contributed by atoms with E-state index in [-0.39, 0.29) is 0 Å². The predicted molar refractivity (Wildman–Crippen MR) is 140 cm³/mol. The van der Waals surface area contributed by atoms with Crippen LogP contribution in [0.15, 0.2) is 0 Å². The van der Waals surface area contributed by atoms with E-state index in [0.29, 0.717) is 0 Å². The third-order valence-corrected chi connectivity index (χ3v) is 7.04. The van der Waals surface area contributed by atoms with Crippen LogP contribution in [0.1, 0.15) is 181 Å². The minimum atomic E-state index is 1.000. The third kappa shape index (κ3) is 24.3. The van der Waals surface area contributed by atoms with Crippen LogP contribution in [0.4, 0.5) is 0 Å². The van der Waals surface area contributed by atoms with Gasteiger partial charge < -0.3 is 0 Å². The van der Waals surface area contributed by atoms with E-state index in [4.69, 9.17) is 0 Å². The van der Waals surface area contributed by atoms with Gasteiger partial charge in [0, 0.05) is 0 Å². The topological polar surface area (TPSA) is 0 Å². The molecule has 0 heterocycles. The summed E-state index contributed by atoms with van der Waals surface area (Å²) in [6.45, 7) is 8.67. The Bertz CT molecular complexity index is 282. The summed E-state index contributed by atoms with van der Waals surface area (Å²) >= 11 is 0. The standard InChI is InChI=1S/C30H61/c1-4-7-10-12-13-14-15-16-17-18-19-20-21-22-23-24-26-29-30(27-9-6-3)28-25-11-8-5-2/h30H,3-29H2,1-2H3. The zero-order valence-corrected chi connectivity index (χ0v) is 21.7. The van der Waals surface area contributed by atoms with Crippen molar-refractivity contribution in [3.8, 4) is 0 Å². The molecule has 0 saturated carbocycles. The van der Waals surface area contributed by atoms with E-state index in [9.17, 15) is 0 Å². The average Bonchev–Trinajstić information content (AvgIpc) is 2.76. The highest BCUT2D eigenvalue weighted by Crippen LogP contribution is 2.23. The molecule has 0 aromatic rings. The van der Waals surface area contributed by atoms with Gasteiger partial charge in [0.2, 0.25) is 0 Å². The van der Waals surface area contributed by atoms with E-state index < -0.39 is 0 Å². The fourth-order valence-electron chi connectivity index (χ4n) is 4.88. The quantitative estimate of drug-likeness (QED) is 0.122. The van der Waals surface area contributed by atoms with Crippen molar-refractivity contribution in [2.24, 2.45) is 5.92 Å². The molecular formula is C30H61. The molecule has 0 amide bonds. The van der Waals surface area contributed by atoms with E-state index in [0.717, 1.165) is 12.3 Å². The first-order valence-electron chi connectivity index (χ1n) is 14.6. The highest BCUT2D eigenvalue weighted by molar-refractivity contribution is 4.62. The maximum atomic E-state index is 4.05.